The van der Waals surface area contributed by atoms with Crippen molar-refractivity contribution in [2.75, 3.05) is 31.1 Å². The number of nitrogens with one attached hydrogen (secondary N) is 4. The van der Waals surface area contributed by atoms with Gasteiger partial charge in [-0.05, 0) is 23.8 Å². The van der Waals surface area contributed by atoms with E-state index in [0.717, 1.165) is 64.6 Å². The molecule has 0 bridgehead atoms. The number of pyridine rings is 1. The number of aromatic amines is 2. The molecule has 4 aromatic heterocycles. The highest BCUT2D eigenvalue weighted by atomic mass is 32.1. The van der Waals surface area contributed by atoms with Gasteiger partial charge in [-0.25, -0.2) is 15.0 Å². The van der Waals surface area contributed by atoms with Crippen LogP contribution in [0.5, 0.6) is 0 Å². The number of H-pyrrole nitrogens is 2. The Morgan fingerprint density at radius 1 is 1.11 bits per heavy atom. The van der Waals surface area contributed by atoms with Gasteiger partial charge in [0.25, 0.3) is 5.56 Å². The maximum absolute atomic E-state index is 13.6. The number of rotatable bonds is 4. The molecule has 1 aliphatic carbocycles. The summed E-state index contributed by atoms with van der Waals surface area (Å²) in [5.74, 6) is 0.843. The third-order valence-electron chi connectivity index (χ3n) is 7.06. The van der Waals surface area contributed by atoms with Crippen LogP contribution >= 0.6 is 11.3 Å². The Labute approximate surface area is 221 Å². The van der Waals surface area contributed by atoms with Crippen molar-refractivity contribution in [3.05, 3.63) is 92.6 Å². The van der Waals surface area contributed by atoms with E-state index in [0.29, 0.717) is 11.5 Å². The van der Waals surface area contributed by atoms with E-state index in [1.165, 1.54) is 11.3 Å². The number of hydrogen-bond acceptors (Lipinski definition) is 9. The lowest BCUT2D eigenvalue weighted by Gasteiger charge is -2.28. The molecule has 0 saturated carbocycles. The van der Waals surface area contributed by atoms with E-state index in [1.807, 2.05) is 41.8 Å². The summed E-state index contributed by atoms with van der Waals surface area (Å²) in [6.07, 6.45) is 7.24. The Balaban J connectivity index is 1.38. The molecule has 1 aromatic carbocycles. The largest absolute Gasteiger partial charge is 0.354 e. The molecule has 0 amide bonds. The van der Waals surface area contributed by atoms with E-state index >= 15 is 0 Å². The maximum Gasteiger partial charge on any atom is 0.260 e. The number of thiazole rings is 1. The number of benzene rings is 1. The minimum atomic E-state index is -0.448. The lowest BCUT2D eigenvalue weighted by atomic mass is 9.81. The molecule has 0 radical (unpaired) electrons. The molecular formula is C27H23N9OS. The number of anilines is 1. The van der Waals surface area contributed by atoms with E-state index in [4.69, 9.17) is 10.4 Å². The van der Waals surface area contributed by atoms with Crippen LogP contribution in [0.15, 0.2) is 65.2 Å². The van der Waals surface area contributed by atoms with Gasteiger partial charge < -0.3 is 20.6 Å². The molecule has 1 saturated heterocycles. The number of nitrogens with zero attached hydrogens (tertiary/aromatic N) is 5. The fraction of sp³-hybridized carbons (Fsp3) is 0.185. The smallest absolute Gasteiger partial charge is 0.260 e. The summed E-state index contributed by atoms with van der Waals surface area (Å²) in [7, 11) is 0. The van der Waals surface area contributed by atoms with E-state index in [-0.39, 0.29) is 16.8 Å². The lowest BCUT2D eigenvalue weighted by Crippen LogP contribution is -2.43. The molecule has 4 N–H and O–H groups in total. The maximum atomic E-state index is 13.6. The Kier molecular flexibility index (Phi) is 5.45. The lowest BCUT2D eigenvalue weighted by molar-refractivity contribution is 0.585. The average Bonchev–Trinajstić information content (AvgIpc) is 3.66. The molecule has 7 rings (SSSR count). The SMILES string of the molecule is N=C1c2c(nc(-c3ccnc(N4CCNCC4)c3)[nH]c2=O)C(c2nccs2)=CC1c1cccc2[nH]ncc12. The second-order valence-electron chi connectivity index (χ2n) is 9.27. The molecule has 38 heavy (non-hydrogen) atoms. The number of hydrogen-bond donors (Lipinski definition) is 4. The highest BCUT2D eigenvalue weighted by Crippen LogP contribution is 2.39. The summed E-state index contributed by atoms with van der Waals surface area (Å²) in [6.45, 7) is 3.53. The monoisotopic (exact) mass is 521 g/mol. The van der Waals surface area contributed by atoms with Gasteiger partial charge in [-0.2, -0.15) is 5.10 Å². The quantitative estimate of drug-likeness (QED) is 0.285. The fourth-order valence-corrected chi connectivity index (χ4v) is 5.87. The van der Waals surface area contributed by atoms with Gasteiger partial charge in [0.05, 0.1) is 28.7 Å². The van der Waals surface area contributed by atoms with Gasteiger partial charge in [-0.1, -0.05) is 18.2 Å². The summed E-state index contributed by atoms with van der Waals surface area (Å²) in [5.41, 5.74) is 3.89. The van der Waals surface area contributed by atoms with Gasteiger partial charge in [-0.15, -0.1) is 11.3 Å². The molecule has 1 atom stereocenters. The second kappa shape index (κ2) is 9.12. The van der Waals surface area contributed by atoms with Crippen LogP contribution in [0.1, 0.15) is 27.7 Å². The molecule has 1 unspecified atom stereocenters. The molecule has 1 fully saturated rings. The zero-order valence-electron chi connectivity index (χ0n) is 20.2. The fourth-order valence-electron chi connectivity index (χ4n) is 5.21. The number of piperazine rings is 1. The van der Waals surface area contributed by atoms with Crippen LogP contribution in [-0.2, 0) is 0 Å². The van der Waals surface area contributed by atoms with Gasteiger partial charge >= 0.3 is 0 Å². The average molecular weight is 522 g/mol. The second-order valence-corrected chi connectivity index (χ2v) is 10.2. The van der Waals surface area contributed by atoms with E-state index in [1.54, 1.807) is 18.6 Å². The zero-order valence-corrected chi connectivity index (χ0v) is 21.0. The first kappa shape index (κ1) is 22.7. The first-order valence-electron chi connectivity index (χ1n) is 12.4. The topological polar surface area (TPSA) is 139 Å². The molecule has 0 spiro atoms. The van der Waals surface area contributed by atoms with Crippen molar-refractivity contribution < 1.29 is 0 Å². The Bertz CT molecular complexity index is 1760. The summed E-state index contributed by atoms with van der Waals surface area (Å²) >= 11 is 1.48. The van der Waals surface area contributed by atoms with Crippen LogP contribution in [0, 0.1) is 5.41 Å². The molecule has 10 nitrogen and oxygen atoms in total. The van der Waals surface area contributed by atoms with E-state index < -0.39 is 5.92 Å². The van der Waals surface area contributed by atoms with Crippen molar-refractivity contribution >= 4 is 39.3 Å². The first-order valence-corrected chi connectivity index (χ1v) is 13.2. The predicted molar refractivity (Wildman–Crippen MR) is 148 cm³/mol. The third kappa shape index (κ3) is 3.75. The van der Waals surface area contributed by atoms with E-state index in [9.17, 15) is 4.79 Å². The molecule has 1 aliphatic heterocycles. The van der Waals surface area contributed by atoms with Crippen molar-refractivity contribution in [1.82, 2.24) is 35.5 Å². The van der Waals surface area contributed by atoms with Crippen LogP contribution in [0.2, 0.25) is 0 Å². The van der Waals surface area contributed by atoms with E-state index in [2.05, 4.69) is 35.4 Å². The van der Waals surface area contributed by atoms with Crippen molar-refractivity contribution in [2.45, 2.75) is 5.92 Å². The minimum absolute atomic E-state index is 0.200. The van der Waals surface area contributed by atoms with Gasteiger partial charge in [0, 0.05) is 66.4 Å². The summed E-state index contributed by atoms with van der Waals surface area (Å²) in [4.78, 5) is 32.8. The van der Waals surface area contributed by atoms with Crippen LogP contribution < -0.4 is 15.8 Å². The molecule has 188 valence electrons. The van der Waals surface area contributed by atoms with Gasteiger partial charge in [0.2, 0.25) is 0 Å². The van der Waals surface area contributed by atoms with Crippen LogP contribution in [0.25, 0.3) is 27.9 Å². The molecule has 5 aromatic rings. The molecule has 2 aliphatic rings. The summed E-state index contributed by atoms with van der Waals surface area (Å²) < 4.78 is 0. The Hall–Kier alpha value is -4.48. The standard InChI is InChI=1S/C27H23N9OS/c28-23-17(16-2-1-3-20-19(16)14-32-35-20)13-18(27-31-8-11-38-27)24-22(23)26(37)34-25(33-24)15-4-5-30-21(12-15)36-9-6-29-7-10-36/h1-5,8,11-14,17,28-29H,6-7,9-10H2,(H,32,35)(H,33,34,37). The van der Waals surface area contributed by atoms with Crippen molar-refractivity contribution in [3.8, 4) is 11.4 Å². The zero-order chi connectivity index (χ0) is 25.6. The minimum Gasteiger partial charge on any atom is -0.354 e. The normalized spacial score (nSPS) is 17.5. The first-order chi connectivity index (χ1) is 18.7. The summed E-state index contributed by atoms with van der Waals surface area (Å²) in [6, 6.07) is 9.66. The molecular weight excluding hydrogens is 498 g/mol. The highest BCUT2D eigenvalue weighted by molar-refractivity contribution is 7.10. The number of allylic oxidation sites excluding steroid dienone is 1. The van der Waals surface area contributed by atoms with Crippen LogP contribution in [-0.4, -0.2) is 62.0 Å². The summed E-state index contributed by atoms with van der Waals surface area (Å²) in [5, 5.41) is 23.2. The van der Waals surface area contributed by atoms with Crippen molar-refractivity contribution in [2.24, 2.45) is 0 Å². The predicted octanol–water partition coefficient (Wildman–Crippen LogP) is 3.17. The number of aromatic nitrogens is 6. The van der Waals surface area contributed by atoms with Crippen molar-refractivity contribution in [1.29, 1.82) is 5.41 Å². The Morgan fingerprint density at radius 2 is 2.00 bits per heavy atom. The highest BCUT2D eigenvalue weighted by Gasteiger charge is 2.33. The van der Waals surface area contributed by atoms with Crippen LogP contribution in [0.3, 0.4) is 0 Å². The van der Waals surface area contributed by atoms with Gasteiger partial charge in [0.1, 0.15) is 16.6 Å². The number of fused-ring (bicyclic) bond motifs is 2. The molecule has 5 heterocycles. The molecule has 11 heteroatoms. The third-order valence-corrected chi connectivity index (χ3v) is 7.87. The van der Waals surface area contributed by atoms with Crippen molar-refractivity contribution in [3.63, 3.8) is 0 Å². The Morgan fingerprint density at radius 3 is 2.84 bits per heavy atom. The van der Waals surface area contributed by atoms with Gasteiger partial charge in [-0.3, -0.25) is 9.89 Å². The van der Waals surface area contributed by atoms with Gasteiger partial charge in [0.15, 0.2) is 0 Å². The van der Waals surface area contributed by atoms with Crippen LogP contribution in [0.4, 0.5) is 5.82 Å².